The molecule has 1 aliphatic heterocycles. The molecule has 4 aromatic rings. The molecule has 36 heavy (non-hydrogen) atoms. The van der Waals surface area contributed by atoms with Crippen LogP contribution >= 0.6 is 11.3 Å². The minimum absolute atomic E-state index is 0.0415. The van der Waals surface area contributed by atoms with Crippen LogP contribution in [0, 0.1) is 5.92 Å². The summed E-state index contributed by atoms with van der Waals surface area (Å²) < 4.78 is 49.9. The molecule has 8 nitrogen and oxygen atoms in total. The van der Waals surface area contributed by atoms with Gasteiger partial charge in [-0.1, -0.05) is 30.3 Å². The number of nitrogens with zero attached hydrogens (tertiary/aromatic N) is 6. The van der Waals surface area contributed by atoms with E-state index in [1.54, 1.807) is 12.1 Å². The fourth-order valence-corrected chi connectivity index (χ4v) is 5.00. The first-order valence-electron chi connectivity index (χ1n) is 11.7. The molecule has 5 rings (SSSR count). The molecule has 5 heterocycles. The van der Waals surface area contributed by atoms with Crippen molar-refractivity contribution in [2.75, 3.05) is 18.0 Å². The molecule has 1 aliphatic rings. The van der Waals surface area contributed by atoms with Gasteiger partial charge in [-0.2, -0.15) is 18.2 Å². The predicted octanol–water partition coefficient (Wildman–Crippen LogP) is 5.96. The highest BCUT2D eigenvalue weighted by Crippen LogP contribution is 2.33. The van der Waals surface area contributed by atoms with E-state index in [-0.39, 0.29) is 12.0 Å². The second-order valence-electron chi connectivity index (χ2n) is 9.17. The van der Waals surface area contributed by atoms with Crippen LogP contribution in [-0.4, -0.2) is 44.3 Å². The van der Waals surface area contributed by atoms with E-state index >= 15 is 0 Å². The first-order valence-corrected chi connectivity index (χ1v) is 12.6. The third-order valence-electron chi connectivity index (χ3n) is 6.29. The third-order valence-corrected chi connectivity index (χ3v) is 7.15. The Bertz CT molecular complexity index is 1330. The Kier molecular flexibility index (Phi) is 6.54. The van der Waals surface area contributed by atoms with Crippen LogP contribution in [0.25, 0.3) is 21.6 Å². The van der Waals surface area contributed by atoms with Crippen LogP contribution in [0.2, 0.25) is 0 Å². The van der Waals surface area contributed by atoms with Crippen LogP contribution in [0.4, 0.5) is 19.2 Å². The summed E-state index contributed by atoms with van der Waals surface area (Å²) in [6, 6.07) is 6.41. The topological polar surface area (TPSA) is 90.1 Å². The van der Waals surface area contributed by atoms with Gasteiger partial charge in [0.2, 0.25) is 0 Å². The summed E-state index contributed by atoms with van der Waals surface area (Å²) in [6.45, 7) is 7.73. The number of aromatic nitrogens is 5. The molecule has 1 fully saturated rings. The molecule has 0 radical (unpaired) electrons. The summed E-state index contributed by atoms with van der Waals surface area (Å²) in [7, 11) is 0. The maximum atomic E-state index is 12.8. The lowest BCUT2D eigenvalue weighted by Crippen LogP contribution is -2.38. The average Bonchev–Trinajstić information content (AvgIpc) is 3.50. The van der Waals surface area contributed by atoms with Gasteiger partial charge < -0.3 is 14.2 Å². The van der Waals surface area contributed by atoms with Crippen molar-refractivity contribution >= 4 is 27.7 Å². The van der Waals surface area contributed by atoms with E-state index in [0.29, 0.717) is 44.6 Å². The minimum Gasteiger partial charge on any atom is -0.467 e. The number of alkyl halides is 3. The molecule has 190 valence electrons. The highest BCUT2D eigenvalue weighted by Gasteiger charge is 2.32. The van der Waals surface area contributed by atoms with Crippen molar-refractivity contribution in [3.63, 3.8) is 0 Å². The highest BCUT2D eigenvalue weighted by atomic mass is 32.1. The molecule has 1 atom stereocenters. The molecule has 0 spiro atoms. The Morgan fingerprint density at radius 2 is 1.83 bits per heavy atom. The van der Waals surface area contributed by atoms with E-state index in [4.69, 9.17) is 9.26 Å². The highest BCUT2D eigenvalue weighted by molar-refractivity contribution is 7.19. The molecule has 4 aromatic heterocycles. The number of pyridine rings is 2. The number of thiazole rings is 1. The molecule has 0 aliphatic carbocycles. The standard InChI is InChI=1S/C24H25F3N6O2S/c1-13(2)20-31-22(35-32-20)33-10-8-15(9-11-33)14(3)34-23-30-18-6-5-17(29-21(18)36-23)16-4-7-19(28-12-16)24(25,26)27/h4-7,12-15H,8-11H2,1-3H3/t14-/m0/s1. The Hall–Kier alpha value is -3.28. The number of hydrogen-bond donors (Lipinski definition) is 0. The van der Waals surface area contributed by atoms with Gasteiger partial charge in [0, 0.05) is 30.8 Å². The number of piperidine rings is 1. The molecular weight excluding hydrogens is 493 g/mol. The quantitative estimate of drug-likeness (QED) is 0.309. The number of anilines is 1. The van der Waals surface area contributed by atoms with Gasteiger partial charge in [-0.3, -0.25) is 4.98 Å². The number of hydrogen-bond acceptors (Lipinski definition) is 9. The lowest BCUT2D eigenvalue weighted by atomic mass is 9.92. The van der Waals surface area contributed by atoms with E-state index in [0.717, 1.165) is 32.0 Å². The van der Waals surface area contributed by atoms with Gasteiger partial charge in [-0.05, 0) is 49.9 Å². The molecule has 0 bridgehead atoms. The average molecular weight is 519 g/mol. The lowest BCUT2D eigenvalue weighted by molar-refractivity contribution is -0.141. The van der Waals surface area contributed by atoms with Crippen LogP contribution in [0.5, 0.6) is 5.19 Å². The summed E-state index contributed by atoms with van der Waals surface area (Å²) >= 11 is 1.32. The zero-order valence-corrected chi connectivity index (χ0v) is 20.8. The Morgan fingerprint density at radius 3 is 2.47 bits per heavy atom. The fourth-order valence-electron chi connectivity index (χ4n) is 4.13. The predicted molar refractivity (Wildman–Crippen MR) is 129 cm³/mol. The second kappa shape index (κ2) is 9.64. The smallest absolute Gasteiger partial charge is 0.433 e. The number of rotatable bonds is 6. The molecule has 0 unspecified atom stereocenters. The second-order valence-corrected chi connectivity index (χ2v) is 10.1. The first-order chi connectivity index (χ1) is 17.2. The van der Waals surface area contributed by atoms with E-state index in [9.17, 15) is 13.2 Å². The molecule has 1 saturated heterocycles. The Balaban J connectivity index is 1.22. The van der Waals surface area contributed by atoms with Crippen LogP contribution in [-0.2, 0) is 6.18 Å². The first kappa shape index (κ1) is 24.4. The van der Waals surface area contributed by atoms with Gasteiger partial charge in [0.25, 0.3) is 5.19 Å². The van der Waals surface area contributed by atoms with Gasteiger partial charge in [-0.15, -0.1) is 0 Å². The van der Waals surface area contributed by atoms with Gasteiger partial charge >= 0.3 is 12.2 Å². The summed E-state index contributed by atoms with van der Waals surface area (Å²) in [4.78, 5) is 19.9. The fraction of sp³-hybridized carbons (Fsp3) is 0.458. The summed E-state index contributed by atoms with van der Waals surface area (Å²) in [5, 5.41) is 4.57. The zero-order valence-electron chi connectivity index (χ0n) is 20.0. The maximum absolute atomic E-state index is 12.8. The van der Waals surface area contributed by atoms with Crippen LogP contribution in [0.1, 0.15) is 51.0 Å². The molecular formula is C24H25F3N6O2S. The number of fused-ring (bicyclic) bond motifs is 1. The van der Waals surface area contributed by atoms with Crippen molar-refractivity contribution in [3.8, 4) is 16.5 Å². The van der Waals surface area contributed by atoms with Gasteiger partial charge in [0.15, 0.2) is 5.82 Å². The number of halogens is 3. The van der Waals surface area contributed by atoms with E-state index in [2.05, 4.69) is 30.0 Å². The summed E-state index contributed by atoms with van der Waals surface area (Å²) in [5.74, 6) is 1.29. The van der Waals surface area contributed by atoms with Crippen molar-refractivity contribution in [2.45, 2.75) is 51.8 Å². The minimum atomic E-state index is -4.47. The van der Waals surface area contributed by atoms with E-state index < -0.39 is 11.9 Å². The molecule has 0 amide bonds. The van der Waals surface area contributed by atoms with Crippen LogP contribution < -0.4 is 9.64 Å². The SMILES string of the molecule is CC(C)c1noc(N2CCC([C@H](C)Oc3nc4ccc(-c5ccc(C(F)(F)F)nc5)nc4s3)CC2)n1. The van der Waals surface area contributed by atoms with Gasteiger partial charge in [0.05, 0.1) is 5.69 Å². The molecule has 0 N–H and O–H groups in total. The molecule has 0 saturated carbocycles. The number of ether oxygens (including phenoxy) is 1. The molecule has 12 heteroatoms. The summed E-state index contributed by atoms with van der Waals surface area (Å²) in [6.07, 6.45) is -1.48. The van der Waals surface area contributed by atoms with Crippen molar-refractivity contribution in [2.24, 2.45) is 5.92 Å². The summed E-state index contributed by atoms with van der Waals surface area (Å²) in [5.41, 5.74) is 0.777. The largest absolute Gasteiger partial charge is 0.467 e. The molecule has 0 aromatic carbocycles. The Labute approximate surface area is 209 Å². The van der Waals surface area contributed by atoms with Gasteiger partial charge in [-0.25, -0.2) is 9.97 Å². The van der Waals surface area contributed by atoms with Crippen molar-refractivity contribution in [1.29, 1.82) is 0 Å². The maximum Gasteiger partial charge on any atom is 0.433 e. The zero-order chi connectivity index (χ0) is 25.4. The van der Waals surface area contributed by atoms with Crippen molar-refractivity contribution in [3.05, 3.63) is 42.0 Å². The third kappa shape index (κ3) is 5.13. The van der Waals surface area contributed by atoms with Crippen LogP contribution in [0.3, 0.4) is 0 Å². The van der Waals surface area contributed by atoms with Gasteiger partial charge in [0.1, 0.15) is 22.1 Å². The van der Waals surface area contributed by atoms with E-state index in [1.807, 2.05) is 20.8 Å². The lowest BCUT2D eigenvalue weighted by Gasteiger charge is -2.33. The normalized spacial score (nSPS) is 16.1. The van der Waals surface area contributed by atoms with Crippen LogP contribution in [0.15, 0.2) is 35.0 Å². The van der Waals surface area contributed by atoms with Crippen molar-refractivity contribution in [1.82, 2.24) is 25.1 Å². The monoisotopic (exact) mass is 518 g/mol. The van der Waals surface area contributed by atoms with Crippen molar-refractivity contribution < 1.29 is 22.4 Å². The van der Waals surface area contributed by atoms with E-state index in [1.165, 1.54) is 23.6 Å². The Morgan fingerprint density at radius 1 is 1.06 bits per heavy atom.